The van der Waals surface area contributed by atoms with Crippen molar-refractivity contribution in [2.75, 3.05) is 27.2 Å². The molecule has 0 saturated carbocycles. The van der Waals surface area contributed by atoms with Gasteiger partial charge in [-0.2, -0.15) is 0 Å². The summed E-state index contributed by atoms with van der Waals surface area (Å²) in [6.45, 7) is 7.90. The SMILES string of the molecule is CCCCN(CC)C(=O)c1sc2nc(CN(C)C)[nH]c(=O)c2c1C. The lowest BCUT2D eigenvalue weighted by atomic mass is 10.2. The third-order valence-corrected chi connectivity index (χ3v) is 5.13. The summed E-state index contributed by atoms with van der Waals surface area (Å²) in [4.78, 5) is 37.7. The Morgan fingerprint density at radius 2 is 2.00 bits per heavy atom. The van der Waals surface area contributed by atoms with Gasteiger partial charge >= 0.3 is 0 Å². The molecule has 0 unspecified atom stereocenters. The number of fused-ring (bicyclic) bond motifs is 1. The number of carbonyl (C=O) groups is 1. The van der Waals surface area contributed by atoms with Gasteiger partial charge in [0.2, 0.25) is 0 Å². The number of rotatable bonds is 7. The number of aromatic amines is 1. The number of carbonyl (C=O) groups excluding carboxylic acids is 1. The van der Waals surface area contributed by atoms with Crippen LogP contribution in [0.1, 0.15) is 47.7 Å². The van der Waals surface area contributed by atoms with Crippen LogP contribution in [0.15, 0.2) is 4.79 Å². The molecule has 1 amide bonds. The maximum atomic E-state index is 12.8. The van der Waals surface area contributed by atoms with Crippen molar-refractivity contribution in [2.24, 2.45) is 0 Å². The molecular formula is C17H26N4O2S. The van der Waals surface area contributed by atoms with Gasteiger partial charge in [-0.15, -0.1) is 11.3 Å². The number of unbranched alkanes of at least 4 members (excludes halogenated alkanes) is 1. The number of H-pyrrole nitrogens is 1. The van der Waals surface area contributed by atoms with Crippen LogP contribution in [0.5, 0.6) is 0 Å². The molecule has 0 aliphatic carbocycles. The van der Waals surface area contributed by atoms with Crippen LogP contribution in [-0.4, -0.2) is 52.9 Å². The molecule has 0 radical (unpaired) electrons. The normalized spacial score (nSPS) is 11.4. The highest BCUT2D eigenvalue weighted by molar-refractivity contribution is 7.20. The molecule has 2 aromatic rings. The van der Waals surface area contributed by atoms with Gasteiger partial charge in [0.15, 0.2) is 0 Å². The number of aromatic nitrogens is 2. The molecule has 0 aromatic carbocycles. The molecule has 0 bridgehead atoms. The number of aryl methyl sites for hydroxylation is 1. The smallest absolute Gasteiger partial charge is 0.264 e. The molecule has 2 aromatic heterocycles. The Labute approximate surface area is 146 Å². The van der Waals surface area contributed by atoms with Gasteiger partial charge in [-0.25, -0.2) is 4.98 Å². The van der Waals surface area contributed by atoms with Crippen molar-refractivity contribution >= 4 is 27.5 Å². The van der Waals surface area contributed by atoms with Gasteiger partial charge in [0.05, 0.1) is 16.8 Å². The van der Waals surface area contributed by atoms with E-state index in [1.54, 1.807) is 0 Å². The van der Waals surface area contributed by atoms with Crippen molar-refractivity contribution in [1.29, 1.82) is 0 Å². The van der Waals surface area contributed by atoms with Crippen LogP contribution in [0, 0.1) is 6.92 Å². The van der Waals surface area contributed by atoms with E-state index in [1.807, 2.05) is 37.7 Å². The van der Waals surface area contributed by atoms with Gasteiger partial charge in [0, 0.05) is 13.1 Å². The largest absolute Gasteiger partial charge is 0.338 e. The fourth-order valence-electron chi connectivity index (χ4n) is 2.66. The van der Waals surface area contributed by atoms with Gasteiger partial charge < -0.3 is 14.8 Å². The van der Waals surface area contributed by atoms with Gasteiger partial charge in [0.1, 0.15) is 10.7 Å². The molecule has 7 heteroatoms. The Balaban J connectivity index is 2.45. The van der Waals surface area contributed by atoms with Gasteiger partial charge in [-0.1, -0.05) is 13.3 Å². The van der Waals surface area contributed by atoms with Gasteiger partial charge in [-0.05, 0) is 39.9 Å². The summed E-state index contributed by atoms with van der Waals surface area (Å²) >= 11 is 1.32. The van der Waals surface area contributed by atoms with E-state index >= 15 is 0 Å². The highest BCUT2D eigenvalue weighted by atomic mass is 32.1. The van der Waals surface area contributed by atoms with E-state index in [4.69, 9.17) is 0 Å². The average Bonchev–Trinajstić information content (AvgIpc) is 2.84. The minimum atomic E-state index is -0.166. The molecule has 0 aliphatic rings. The zero-order chi connectivity index (χ0) is 17.9. The van der Waals surface area contributed by atoms with E-state index < -0.39 is 0 Å². The Hall–Kier alpha value is -1.73. The van der Waals surface area contributed by atoms with Crippen LogP contribution in [-0.2, 0) is 6.54 Å². The third kappa shape index (κ3) is 3.84. The molecular weight excluding hydrogens is 324 g/mol. The summed E-state index contributed by atoms with van der Waals surface area (Å²) < 4.78 is 0. The first-order valence-electron chi connectivity index (χ1n) is 8.35. The number of hydrogen-bond acceptors (Lipinski definition) is 5. The lowest BCUT2D eigenvalue weighted by Crippen LogP contribution is -2.31. The fourth-order valence-corrected chi connectivity index (χ4v) is 3.83. The van der Waals surface area contributed by atoms with Crippen LogP contribution in [0.2, 0.25) is 0 Å². The van der Waals surface area contributed by atoms with E-state index in [0.29, 0.717) is 34.0 Å². The number of nitrogens with one attached hydrogen (secondary N) is 1. The fraction of sp³-hybridized carbons (Fsp3) is 0.588. The Bertz CT molecular complexity index is 779. The molecule has 132 valence electrons. The number of hydrogen-bond donors (Lipinski definition) is 1. The average molecular weight is 350 g/mol. The summed E-state index contributed by atoms with van der Waals surface area (Å²) in [7, 11) is 3.84. The monoisotopic (exact) mass is 350 g/mol. The lowest BCUT2D eigenvalue weighted by molar-refractivity contribution is 0.0766. The summed E-state index contributed by atoms with van der Waals surface area (Å²) in [5, 5.41) is 0.539. The molecule has 2 rings (SSSR count). The molecule has 0 aliphatic heterocycles. The quantitative estimate of drug-likeness (QED) is 0.833. The van der Waals surface area contributed by atoms with Crippen LogP contribution in [0.3, 0.4) is 0 Å². The van der Waals surface area contributed by atoms with Crippen molar-refractivity contribution in [3.8, 4) is 0 Å². The first-order valence-corrected chi connectivity index (χ1v) is 9.16. The van der Waals surface area contributed by atoms with Gasteiger partial charge in [-0.3, -0.25) is 9.59 Å². The number of amides is 1. The van der Waals surface area contributed by atoms with Gasteiger partial charge in [0.25, 0.3) is 11.5 Å². The topological polar surface area (TPSA) is 69.3 Å². The van der Waals surface area contributed by atoms with E-state index in [-0.39, 0.29) is 11.5 Å². The van der Waals surface area contributed by atoms with Crippen molar-refractivity contribution in [1.82, 2.24) is 19.8 Å². The lowest BCUT2D eigenvalue weighted by Gasteiger charge is -2.20. The zero-order valence-electron chi connectivity index (χ0n) is 15.1. The molecule has 0 saturated heterocycles. The highest BCUT2D eigenvalue weighted by Gasteiger charge is 2.22. The molecule has 0 fully saturated rings. The maximum absolute atomic E-state index is 12.8. The summed E-state index contributed by atoms with van der Waals surface area (Å²) in [5.41, 5.74) is 0.571. The predicted molar refractivity (Wildman–Crippen MR) is 98.9 cm³/mol. The minimum absolute atomic E-state index is 0.00000887. The van der Waals surface area contributed by atoms with Crippen molar-refractivity contribution < 1.29 is 4.79 Å². The Morgan fingerprint density at radius 3 is 2.58 bits per heavy atom. The van der Waals surface area contributed by atoms with E-state index in [2.05, 4.69) is 16.9 Å². The van der Waals surface area contributed by atoms with E-state index in [0.717, 1.165) is 24.9 Å². The molecule has 6 nitrogen and oxygen atoms in total. The third-order valence-electron chi connectivity index (χ3n) is 3.96. The summed E-state index contributed by atoms with van der Waals surface area (Å²) in [5.74, 6) is 0.621. The minimum Gasteiger partial charge on any atom is -0.338 e. The number of thiophene rings is 1. The molecule has 0 atom stereocenters. The van der Waals surface area contributed by atoms with Crippen molar-refractivity contribution in [2.45, 2.75) is 40.2 Å². The van der Waals surface area contributed by atoms with E-state index in [1.165, 1.54) is 11.3 Å². The highest BCUT2D eigenvalue weighted by Crippen LogP contribution is 2.28. The van der Waals surface area contributed by atoms with Crippen LogP contribution in [0.4, 0.5) is 0 Å². The molecule has 2 heterocycles. The van der Waals surface area contributed by atoms with E-state index in [9.17, 15) is 9.59 Å². The maximum Gasteiger partial charge on any atom is 0.264 e. The first kappa shape index (κ1) is 18.6. The van der Waals surface area contributed by atoms with Crippen LogP contribution < -0.4 is 5.56 Å². The zero-order valence-corrected chi connectivity index (χ0v) is 15.9. The van der Waals surface area contributed by atoms with Crippen LogP contribution in [0.25, 0.3) is 10.2 Å². The second kappa shape index (κ2) is 7.90. The molecule has 0 spiro atoms. The summed E-state index contributed by atoms with van der Waals surface area (Å²) in [6, 6.07) is 0. The van der Waals surface area contributed by atoms with Crippen molar-refractivity contribution in [3.05, 3.63) is 26.6 Å². The molecule has 24 heavy (non-hydrogen) atoms. The summed E-state index contributed by atoms with van der Waals surface area (Å²) in [6.07, 6.45) is 2.03. The van der Waals surface area contributed by atoms with Crippen LogP contribution >= 0.6 is 11.3 Å². The second-order valence-electron chi connectivity index (χ2n) is 6.23. The second-order valence-corrected chi connectivity index (χ2v) is 7.22. The standard InChI is InChI=1S/C17H26N4O2S/c1-6-8-9-21(7-2)17(23)14-11(3)13-15(22)18-12(10-20(4)5)19-16(13)24-14/h6-10H2,1-5H3,(H,18,19,22). The Kier molecular flexibility index (Phi) is 6.12. The first-order chi connectivity index (χ1) is 11.4. The number of nitrogens with zero attached hydrogens (tertiary/aromatic N) is 3. The van der Waals surface area contributed by atoms with Crippen molar-refractivity contribution in [3.63, 3.8) is 0 Å². The molecule has 1 N–H and O–H groups in total. The predicted octanol–water partition coefficient (Wildman–Crippen LogP) is 2.62. The Morgan fingerprint density at radius 1 is 1.29 bits per heavy atom.